The fourth-order valence-corrected chi connectivity index (χ4v) is 2.82. The normalized spacial score (nSPS) is 15.0. The van der Waals surface area contributed by atoms with Gasteiger partial charge >= 0.3 is 0 Å². The number of carbonyl (C=O) groups is 2. The van der Waals surface area contributed by atoms with Crippen molar-refractivity contribution in [1.29, 1.82) is 0 Å². The first-order valence-electron chi connectivity index (χ1n) is 8.14. The molecule has 2 aromatic rings. The van der Waals surface area contributed by atoms with Gasteiger partial charge < -0.3 is 15.1 Å². The van der Waals surface area contributed by atoms with Crippen LogP contribution in [-0.4, -0.2) is 59.8 Å². The van der Waals surface area contributed by atoms with E-state index in [1.54, 1.807) is 4.90 Å². The van der Waals surface area contributed by atoms with Gasteiger partial charge in [0, 0.05) is 43.6 Å². The second-order valence-electron chi connectivity index (χ2n) is 6.11. The van der Waals surface area contributed by atoms with Gasteiger partial charge in [0.25, 0.3) is 11.8 Å². The van der Waals surface area contributed by atoms with Gasteiger partial charge in [-0.1, -0.05) is 11.6 Å². The van der Waals surface area contributed by atoms with Gasteiger partial charge in [-0.15, -0.1) is 0 Å². The van der Waals surface area contributed by atoms with Crippen LogP contribution in [0.15, 0.2) is 36.5 Å². The molecule has 26 heavy (non-hydrogen) atoms. The predicted octanol–water partition coefficient (Wildman–Crippen LogP) is 2.51. The molecule has 3 rings (SSSR count). The number of pyridine rings is 1. The van der Waals surface area contributed by atoms with E-state index < -0.39 is 11.7 Å². The van der Waals surface area contributed by atoms with Crippen molar-refractivity contribution in [3.63, 3.8) is 0 Å². The van der Waals surface area contributed by atoms with E-state index in [9.17, 15) is 14.0 Å². The molecule has 1 aliphatic heterocycles. The number of halogens is 2. The highest BCUT2D eigenvalue weighted by Crippen LogP contribution is 2.20. The van der Waals surface area contributed by atoms with E-state index in [2.05, 4.69) is 15.2 Å². The maximum atomic E-state index is 13.2. The Labute approximate surface area is 155 Å². The molecule has 6 nitrogen and oxygen atoms in total. The maximum absolute atomic E-state index is 13.2. The molecule has 1 aromatic heterocycles. The van der Waals surface area contributed by atoms with Crippen molar-refractivity contribution in [1.82, 2.24) is 14.8 Å². The summed E-state index contributed by atoms with van der Waals surface area (Å²) in [4.78, 5) is 32.9. The summed E-state index contributed by atoms with van der Waals surface area (Å²) in [5, 5.41) is 2.55. The zero-order chi connectivity index (χ0) is 18.7. The summed E-state index contributed by atoms with van der Waals surface area (Å²) in [5.41, 5.74) is 0.877. The predicted molar refractivity (Wildman–Crippen MR) is 97.0 cm³/mol. The first kappa shape index (κ1) is 18.3. The number of amides is 2. The third-order valence-electron chi connectivity index (χ3n) is 4.21. The molecule has 1 saturated heterocycles. The molecule has 1 fully saturated rings. The summed E-state index contributed by atoms with van der Waals surface area (Å²) in [5.74, 6) is -1.19. The Bertz CT molecular complexity index is 838. The van der Waals surface area contributed by atoms with E-state index >= 15 is 0 Å². The van der Waals surface area contributed by atoms with Crippen LogP contribution in [0.3, 0.4) is 0 Å². The minimum absolute atomic E-state index is 0.0801. The van der Waals surface area contributed by atoms with Crippen LogP contribution in [0.25, 0.3) is 0 Å². The third-order valence-corrected chi connectivity index (χ3v) is 4.50. The van der Waals surface area contributed by atoms with E-state index in [0.717, 1.165) is 13.1 Å². The van der Waals surface area contributed by atoms with Crippen molar-refractivity contribution >= 4 is 29.1 Å². The van der Waals surface area contributed by atoms with Gasteiger partial charge in [0.15, 0.2) is 0 Å². The number of likely N-dealkylation sites (N-methyl/N-ethyl adjacent to an activating group) is 1. The fraction of sp³-hybridized carbons (Fsp3) is 0.278. The van der Waals surface area contributed by atoms with Crippen molar-refractivity contribution in [3.8, 4) is 0 Å². The number of carbonyl (C=O) groups excluding carboxylic acids is 2. The lowest BCUT2D eigenvalue weighted by Gasteiger charge is -2.32. The number of nitrogens with one attached hydrogen (secondary N) is 1. The first-order valence-corrected chi connectivity index (χ1v) is 8.52. The van der Waals surface area contributed by atoms with Gasteiger partial charge in [-0.2, -0.15) is 0 Å². The van der Waals surface area contributed by atoms with Gasteiger partial charge in [0.1, 0.15) is 11.5 Å². The Morgan fingerprint density at radius 3 is 2.58 bits per heavy atom. The summed E-state index contributed by atoms with van der Waals surface area (Å²) in [6, 6.07) is 6.89. The summed E-state index contributed by atoms with van der Waals surface area (Å²) < 4.78 is 13.2. The van der Waals surface area contributed by atoms with Gasteiger partial charge in [-0.25, -0.2) is 4.39 Å². The van der Waals surface area contributed by atoms with Crippen LogP contribution < -0.4 is 5.32 Å². The third kappa shape index (κ3) is 4.17. The van der Waals surface area contributed by atoms with Crippen LogP contribution in [0.4, 0.5) is 10.1 Å². The number of aromatic nitrogens is 1. The molecule has 0 saturated carbocycles. The van der Waals surface area contributed by atoms with Crippen molar-refractivity contribution in [2.75, 3.05) is 38.5 Å². The lowest BCUT2D eigenvalue weighted by atomic mass is 10.2. The van der Waals surface area contributed by atoms with Crippen LogP contribution >= 0.6 is 11.6 Å². The molecule has 0 aliphatic carbocycles. The van der Waals surface area contributed by atoms with E-state index in [1.165, 1.54) is 36.5 Å². The average Bonchev–Trinajstić information content (AvgIpc) is 2.65. The molecular weight excluding hydrogens is 359 g/mol. The first-order chi connectivity index (χ1) is 12.4. The number of hydrogen-bond donors (Lipinski definition) is 1. The lowest BCUT2D eigenvalue weighted by Crippen LogP contribution is -2.47. The molecule has 0 bridgehead atoms. The number of rotatable bonds is 3. The molecule has 1 N–H and O–H groups in total. The number of nitrogens with zero attached hydrogens (tertiary/aromatic N) is 3. The molecular formula is C18H18ClFN4O2. The summed E-state index contributed by atoms with van der Waals surface area (Å²) >= 11 is 5.72. The highest BCUT2D eigenvalue weighted by Gasteiger charge is 2.22. The number of anilines is 1. The van der Waals surface area contributed by atoms with Crippen LogP contribution in [0, 0.1) is 5.82 Å². The number of hydrogen-bond acceptors (Lipinski definition) is 4. The van der Waals surface area contributed by atoms with E-state index in [-0.39, 0.29) is 22.2 Å². The monoisotopic (exact) mass is 376 g/mol. The highest BCUT2D eigenvalue weighted by molar-refractivity contribution is 6.31. The van der Waals surface area contributed by atoms with Gasteiger partial charge in [-0.3, -0.25) is 14.6 Å². The minimum Gasteiger partial charge on any atom is -0.335 e. The highest BCUT2D eigenvalue weighted by atomic mass is 35.5. The summed E-state index contributed by atoms with van der Waals surface area (Å²) in [6.07, 6.45) is 1.43. The molecule has 0 radical (unpaired) electrons. The smallest absolute Gasteiger partial charge is 0.272 e. The average molecular weight is 377 g/mol. The molecule has 2 heterocycles. The van der Waals surface area contributed by atoms with Gasteiger partial charge in [0.05, 0.1) is 5.02 Å². The Morgan fingerprint density at radius 1 is 1.15 bits per heavy atom. The molecule has 0 spiro atoms. The Morgan fingerprint density at radius 2 is 1.88 bits per heavy atom. The van der Waals surface area contributed by atoms with Crippen molar-refractivity contribution < 1.29 is 14.0 Å². The molecule has 0 atom stereocenters. The molecule has 1 aromatic carbocycles. The molecule has 2 amide bonds. The largest absolute Gasteiger partial charge is 0.335 e. The van der Waals surface area contributed by atoms with E-state index in [0.29, 0.717) is 18.8 Å². The molecule has 8 heteroatoms. The fourth-order valence-electron chi connectivity index (χ4n) is 2.64. The van der Waals surface area contributed by atoms with Gasteiger partial charge in [0.2, 0.25) is 0 Å². The molecule has 0 unspecified atom stereocenters. The second-order valence-corrected chi connectivity index (χ2v) is 6.52. The summed E-state index contributed by atoms with van der Waals surface area (Å²) in [7, 11) is 2.01. The standard InChI is InChI=1S/C18H18ClFN4O2/c1-23-6-8-24(9-7-23)18(26)16-10-12(4-5-21-16)17(25)22-13-2-3-15(20)14(19)11-13/h2-5,10-11H,6-9H2,1H3,(H,22,25). The van der Waals surface area contributed by atoms with Crippen molar-refractivity contribution in [2.24, 2.45) is 0 Å². The van der Waals surface area contributed by atoms with Crippen LogP contribution in [-0.2, 0) is 0 Å². The number of piperazine rings is 1. The Balaban J connectivity index is 1.72. The van der Waals surface area contributed by atoms with Crippen LogP contribution in [0.1, 0.15) is 20.8 Å². The maximum Gasteiger partial charge on any atom is 0.272 e. The second kappa shape index (κ2) is 7.80. The van der Waals surface area contributed by atoms with Crippen molar-refractivity contribution in [2.45, 2.75) is 0 Å². The van der Waals surface area contributed by atoms with E-state index in [4.69, 9.17) is 11.6 Å². The van der Waals surface area contributed by atoms with Crippen molar-refractivity contribution in [3.05, 3.63) is 58.6 Å². The SMILES string of the molecule is CN1CCN(C(=O)c2cc(C(=O)Nc3ccc(F)c(Cl)c3)ccn2)CC1. The van der Waals surface area contributed by atoms with Crippen LogP contribution in [0.5, 0.6) is 0 Å². The zero-order valence-electron chi connectivity index (χ0n) is 14.2. The molecule has 136 valence electrons. The van der Waals surface area contributed by atoms with Crippen LogP contribution in [0.2, 0.25) is 5.02 Å². The van der Waals surface area contributed by atoms with E-state index in [1.807, 2.05) is 7.05 Å². The molecule has 1 aliphatic rings. The zero-order valence-corrected chi connectivity index (χ0v) is 15.0. The Hall–Kier alpha value is -2.51. The quantitative estimate of drug-likeness (QED) is 0.894. The number of benzene rings is 1. The van der Waals surface area contributed by atoms with Gasteiger partial charge in [-0.05, 0) is 37.4 Å². The summed E-state index contributed by atoms with van der Waals surface area (Å²) in [6.45, 7) is 2.86. The lowest BCUT2D eigenvalue weighted by molar-refractivity contribution is 0.0658. The Kier molecular flexibility index (Phi) is 5.49. The topological polar surface area (TPSA) is 65.5 Å². The minimum atomic E-state index is -0.561.